The van der Waals surface area contributed by atoms with Gasteiger partial charge in [0.25, 0.3) is 0 Å². The van der Waals surface area contributed by atoms with Crippen molar-refractivity contribution in [2.45, 2.75) is 145 Å². The Hall–Kier alpha value is -1.74. The Kier molecular flexibility index (Phi) is 13.1. The van der Waals surface area contributed by atoms with Crippen LogP contribution in [0.1, 0.15) is 142 Å². The average Bonchev–Trinajstić information content (AvgIpc) is 4.10. The van der Waals surface area contributed by atoms with E-state index in [1.54, 1.807) is 11.1 Å². The summed E-state index contributed by atoms with van der Waals surface area (Å²) in [5.74, 6) is 13.3. The van der Waals surface area contributed by atoms with Crippen molar-refractivity contribution in [1.29, 1.82) is 0 Å². The van der Waals surface area contributed by atoms with Gasteiger partial charge in [-0.05, 0) is 185 Å². The van der Waals surface area contributed by atoms with Gasteiger partial charge in [0.15, 0.2) is 0 Å². The second-order valence-electron chi connectivity index (χ2n) is 24.8. The molecule has 10 aliphatic rings. The monoisotopic (exact) mass is 991 g/mol. The summed E-state index contributed by atoms with van der Waals surface area (Å²) in [5.41, 5.74) is 8.83. The molecule has 0 bridgehead atoms. The first-order chi connectivity index (χ1) is 32.5. The number of ketones is 2. The SMILES string of the molecule is CC(C)N(C)c1ccc([C@H]2C[C@]3(C)C(=O)[C@@H](C)C[C@H]3[C@@H]3CCC4=CC5(CC[C@@H]4[C@H]32)SCCS5)cc1.C[C@@H]1C[C@H]2[C@@H]3CCC4=CC5(CC[C@@H]4[C@H]3[C@@H](c3ccc(N(C)C)cc3)C[C@]2(C)C1=O)SCCS5. The van der Waals surface area contributed by atoms with Crippen molar-refractivity contribution in [2.75, 3.05) is 54.0 Å². The molecule has 2 aromatic rings. The highest BCUT2D eigenvalue weighted by molar-refractivity contribution is 8.22. The number of nitrogens with zero attached hydrogens (tertiary/aromatic N) is 2. The van der Waals surface area contributed by atoms with Crippen molar-refractivity contribution in [2.24, 2.45) is 70.0 Å². The molecule has 68 heavy (non-hydrogen) atoms. The second-order valence-corrected chi connectivity index (χ2v) is 31.0. The van der Waals surface area contributed by atoms with Gasteiger partial charge < -0.3 is 9.80 Å². The zero-order chi connectivity index (χ0) is 47.5. The smallest absolute Gasteiger partial charge is 0.141 e. The van der Waals surface area contributed by atoms with Crippen LogP contribution in [0.25, 0.3) is 0 Å². The third kappa shape index (κ3) is 8.09. The lowest BCUT2D eigenvalue weighted by atomic mass is 9.48. The number of fused-ring (bicyclic) bond motifs is 10. The molecule has 0 radical (unpaired) electrons. The summed E-state index contributed by atoms with van der Waals surface area (Å²) >= 11 is 8.82. The predicted molar refractivity (Wildman–Crippen MR) is 296 cm³/mol. The molecule has 2 aliphatic heterocycles. The standard InChI is InChI=1S/C31H43NOS2.C29H39NOS2/c1-19(2)32(5)23-9-6-21(7-10-23)26-18-30(4)27(16-20(3)29(30)33)25-11-8-22-17-31(34-14-15-35-31)13-12-24(22)28(25)26;1-18-15-25-23-10-7-20-16-29(32-13-14-33-29)12-11-22(20)26(23)24(17-28(25,2)27(18)31)19-5-8-21(9-6-19)30(3)4/h6-7,9-10,17,19-20,24-28H,8,11-16,18H2,1-5H3;5-6,8-9,16,18,22-26H,7,10-15,17H2,1-4H3/t20-,24-,25-,26+,27-,28+,30-;18-,22+,23+,24-,25+,26-,28+/m01/s1. The van der Waals surface area contributed by atoms with Crippen LogP contribution in [0, 0.1) is 70.0 Å². The van der Waals surface area contributed by atoms with Crippen LogP contribution >= 0.6 is 47.0 Å². The Morgan fingerprint density at radius 3 is 1.34 bits per heavy atom. The highest BCUT2D eigenvalue weighted by atomic mass is 32.2. The van der Waals surface area contributed by atoms with Crippen LogP contribution in [0.4, 0.5) is 11.4 Å². The van der Waals surface area contributed by atoms with Gasteiger partial charge in [-0.1, -0.05) is 75.3 Å². The quantitative estimate of drug-likeness (QED) is 0.275. The molecule has 0 aromatic heterocycles. The number of benzene rings is 2. The zero-order valence-electron chi connectivity index (χ0n) is 42.9. The maximum Gasteiger partial charge on any atom is 0.141 e. The van der Waals surface area contributed by atoms with Crippen LogP contribution in [0.5, 0.6) is 0 Å². The van der Waals surface area contributed by atoms with E-state index in [2.05, 4.69) is 180 Å². The normalized spacial score (nSPS) is 40.6. The van der Waals surface area contributed by atoms with E-state index in [4.69, 9.17) is 0 Å². The molecule has 6 saturated carbocycles. The van der Waals surface area contributed by atoms with Crippen LogP contribution in [-0.4, -0.2) is 69.9 Å². The zero-order valence-corrected chi connectivity index (χ0v) is 46.2. The van der Waals surface area contributed by atoms with Crippen LogP contribution < -0.4 is 9.80 Å². The van der Waals surface area contributed by atoms with Crippen molar-refractivity contribution < 1.29 is 9.59 Å². The van der Waals surface area contributed by atoms with E-state index in [1.807, 2.05) is 0 Å². The lowest BCUT2D eigenvalue weighted by Gasteiger charge is -2.56. The number of anilines is 2. The second kappa shape index (κ2) is 18.3. The van der Waals surface area contributed by atoms with Crippen LogP contribution in [-0.2, 0) is 9.59 Å². The van der Waals surface area contributed by atoms with E-state index < -0.39 is 0 Å². The highest BCUT2D eigenvalue weighted by Crippen LogP contribution is 2.69. The molecular weight excluding hydrogens is 909 g/mol. The fourth-order valence-electron chi connectivity index (χ4n) is 17.5. The third-order valence-electron chi connectivity index (χ3n) is 20.8. The van der Waals surface area contributed by atoms with Gasteiger partial charge in [-0.3, -0.25) is 9.59 Å². The summed E-state index contributed by atoms with van der Waals surface area (Å²) in [5, 5.41) is 0. The first-order valence-electron chi connectivity index (χ1n) is 27.2. The molecule has 2 saturated heterocycles. The minimum Gasteiger partial charge on any atom is -0.378 e. The summed E-state index contributed by atoms with van der Waals surface area (Å²) in [4.78, 5) is 31.6. The Labute approximate surface area is 428 Å². The number of carbonyl (C=O) groups excluding carboxylic acids is 2. The first kappa shape index (κ1) is 48.5. The minimum absolute atomic E-state index is 0.125. The van der Waals surface area contributed by atoms with Crippen molar-refractivity contribution in [3.63, 3.8) is 0 Å². The maximum absolute atomic E-state index is 13.6. The Morgan fingerprint density at radius 1 is 0.559 bits per heavy atom. The minimum atomic E-state index is -0.132. The van der Waals surface area contributed by atoms with E-state index in [9.17, 15) is 9.59 Å². The summed E-state index contributed by atoms with van der Waals surface area (Å²) in [7, 11) is 6.42. The molecular formula is C60H82N2O2S4. The van der Waals surface area contributed by atoms with Gasteiger partial charge in [0.2, 0.25) is 0 Å². The third-order valence-corrected chi connectivity index (χ3v) is 27.6. The Morgan fingerprint density at radius 2 is 0.956 bits per heavy atom. The molecule has 8 aliphatic carbocycles. The topological polar surface area (TPSA) is 40.6 Å². The van der Waals surface area contributed by atoms with E-state index in [0.717, 1.165) is 37.5 Å². The number of hydrogen-bond acceptors (Lipinski definition) is 8. The number of Topliss-reactive ketones (excluding diaryl/α,β-unsaturated/α-hetero) is 2. The lowest BCUT2D eigenvalue weighted by Crippen LogP contribution is -2.50. The summed E-state index contributed by atoms with van der Waals surface area (Å²) in [6, 6.07) is 19.3. The number of thioether (sulfide) groups is 4. The molecule has 0 amide bonds. The molecule has 4 nitrogen and oxygen atoms in total. The van der Waals surface area contributed by atoms with Crippen molar-refractivity contribution in [3.8, 4) is 0 Å². The maximum atomic E-state index is 13.6. The van der Waals surface area contributed by atoms with E-state index in [1.165, 1.54) is 96.9 Å². The van der Waals surface area contributed by atoms with Crippen LogP contribution in [0.15, 0.2) is 71.8 Å². The molecule has 0 N–H and O–H groups in total. The highest BCUT2D eigenvalue weighted by Gasteiger charge is 2.63. The summed E-state index contributed by atoms with van der Waals surface area (Å²) in [6.07, 6.45) is 20.4. The number of carbonyl (C=O) groups is 2. The molecule has 2 spiro atoms. The largest absolute Gasteiger partial charge is 0.378 e. The fourth-order valence-corrected chi connectivity index (χ4v) is 23.8. The lowest BCUT2D eigenvalue weighted by molar-refractivity contribution is -0.134. The van der Waals surface area contributed by atoms with Gasteiger partial charge >= 0.3 is 0 Å². The number of hydrogen-bond donors (Lipinski definition) is 0. The summed E-state index contributed by atoms with van der Waals surface area (Å²) < 4.78 is 0.751. The van der Waals surface area contributed by atoms with Gasteiger partial charge in [0.05, 0.1) is 8.16 Å². The van der Waals surface area contributed by atoms with Gasteiger partial charge in [0.1, 0.15) is 11.6 Å². The molecule has 2 aromatic carbocycles. The molecule has 8 heteroatoms. The van der Waals surface area contributed by atoms with Crippen LogP contribution in [0.2, 0.25) is 0 Å². The Balaban J connectivity index is 0.000000149. The molecule has 12 rings (SSSR count). The summed E-state index contributed by atoms with van der Waals surface area (Å²) in [6.45, 7) is 13.6. The van der Waals surface area contributed by atoms with E-state index in [0.29, 0.717) is 73.1 Å². The molecule has 0 unspecified atom stereocenters. The average molecular weight is 992 g/mol. The van der Waals surface area contributed by atoms with E-state index >= 15 is 0 Å². The van der Waals surface area contributed by atoms with Gasteiger partial charge in [-0.25, -0.2) is 0 Å². The Bertz CT molecular complexity index is 2290. The van der Waals surface area contributed by atoms with Gasteiger partial charge in [-0.15, -0.1) is 47.0 Å². The number of allylic oxidation sites excluding steroid dienone is 2. The first-order valence-corrected chi connectivity index (χ1v) is 31.2. The van der Waals surface area contributed by atoms with Gasteiger partial charge in [-0.2, -0.15) is 0 Å². The van der Waals surface area contributed by atoms with E-state index in [-0.39, 0.29) is 22.7 Å². The fraction of sp³-hybridized carbons (Fsp3) is 0.700. The number of rotatable bonds is 5. The van der Waals surface area contributed by atoms with Crippen LogP contribution in [0.3, 0.4) is 0 Å². The molecule has 368 valence electrons. The molecule has 8 fully saturated rings. The van der Waals surface area contributed by atoms with Crippen molar-refractivity contribution >= 4 is 70.0 Å². The van der Waals surface area contributed by atoms with Gasteiger partial charge in [0, 0.05) is 84.2 Å². The molecule has 14 atom stereocenters. The van der Waals surface area contributed by atoms with Crippen molar-refractivity contribution in [1.82, 2.24) is 0 Å². The molecule has 2 heterocycles. The van der Waals surface area contributed by atoms with Crippen molar-refractivity contribution in [3.05, 3.63) is 83.0 Å². The predicted octanol–water partition coefficient (Wildman–Crippen LogP) is 14.8.